The van der Waals surface area contributed by atoms with Gasteiger partial charge in [-0.05, 0) is 12.0 Å². The Morgan fingerprint density at radius 2 is 1.83 bits per heavy atom. The highest BCUT2D eigenvalue weighted by molar-refractivity contribution is 6.34. The van der Waals surface area contributed by atoms with Crippen molar-refractivity contribution in [3.63, 3.8) is 0 Å². The number of carbonyl (C=O) groups excluding carboxylic acids is 1. The first-order valence-corrected chi connectivity index (χ1v) is 6.36. The van der Waals surface area contributed by atoms with Gasteiger partial charge in [-0.3, -0.25) is 4.79 Å². The molecule has 3 nitrogen and oxygen atoms in total. The fraction of sp³-hybridized carbons (Fsp3) is 0.500. The van der Waals surface area contributed by atoms with Crippen LogP contribution in [0.4, 0.5) is 0 Å². The molecule has 0 radical (unpaired) electrons. The van der Waals surface area contributed by atoms with E-state index < -0.39 is 0 Å². The molecule has 100 valence electrons. The molecule has 1 unspecified atom stereocenters. The van der Waals surface area contributed by atoms with Gasteiger partial charge in [0, 0.05) is 18.1 Å². The van der Waals surface area contributed by atoms with E-state index in [-0.39, 0.29) is 5.78 Å². The van der Waals surface area contributed by atoms with Crippen molar-refractivity contribution in [2.24, 2.45) is 5.92 Å². The van der Waals surface area contributed by atoms with Gasteiger partial charge in [-0.2, -0.15) is 0 Å². The number of rotatable bonds is 6. The zero-order valence-electron chi connectivity index (χ0n) is 11.2. The van der Waals surface area contributed by atoms with Gasteiger partial charge in [0.1, 0.15) is 0 Å². The Labute approximate surface area is 113 Å². The van der Waals surface area contributed by atoms with E-state index in [9.17, 15) is 4.79 Å². The second-order valence-corrected chi connectivity index (χ2v) is 4.73. The maximum Gasteiger partial charge on any atom is 0.164 e. The molecule has 1 aromatic carbocycles. The van der Waals surface area contributed by atoms with Crippen molar-refractivity contribution in [1.82, 2.24) is 0 Å². The molecular formula is C14H19ClO3. The van der Waals surface area contributed by atoms with E-state index in [1.54, 1.807) is 12.1 Å². The number of ether oxygens (including phenoxy) is 2. The Morgan fingerprint density at radius 3 is 2.33 bits per heavy atom. The molecule has 0 heterocycles. The van der Waals surface area contributed by atoms with Crippen LogP contribution in [0.15, 0.2) is 12.1 Å². The zero-order valence-corrected chi connectivity index (χ0v) is 12.0. The number of hydrogen-bond acceptors (Lipinski definition) is 3. The van der Waals surface area contributed by atoms with E-state index in [2.05, 4.69) is 6.92 Å². The smallest absolute Gasteiger partial charge is 0.164 e. The normalized spacial score (nSPS) is 12.1. The lowest BCUT2D eigenvalue weighted by Crippen LogP contribution is -2.06. The molecular weight excluding hydrogens is 252 g/mol. The van der Waals surface area contributed by atoms with Crippen LogP contribution in [-0.2, 0) is 0 Å². The van der Waals surface area contributed by atoms with Crippen molar-refractivity contribution in [2.75, 3.05) is 14.2 Å². The lowest BCUT2D eigenvalue weighted by Gasteiger charge is -2.12. The number of hydrogen-bond donors (Lipinski definition) is 0. The SMILES string of the molecule is CCC(C)CC(=O)c1cc(OC)c(OC)cc1Cl. The lowest BCUT2D eigenvalue weighted by atomic mass is 9.97. The summed E-state index contributed by atoms with van der Waals surface area (Å²) in [7, 11) is 3.07. The minimum absolute atomic E-state index is 0.0373. The first kappa shape index (κ1) is 14.8. The number of halogens is 1. The maximum atomic E-state index is 12.1. The van der Waals surface area contributed by atoms with Crippen molar-refractivity contribution in [3.8, 4) is 11.5 Å². The second-order valence-electron chi connectivity index (χ2n) is 4.33. The zero-order chi connectivity index (χ0) is 13.7. The van der Waals surface area contributed by atoms with Crippen LogP contribution in [0, 0.1) is 5.92 Å². The van der Waals surface area contributed by atoms with E-state index in [4.69, 9.17) is 21.1 Å². The summed E-state index contributed by atoms with van der Waals surface area (Å²) >= 11 is 6.10. The molecule has 0 spiro atoms. The van der Waals surface area contributed by atoms with E-state index in [0.717, 1.165) is 6.42 Å². The molecule has 0 aromatic heterocycles. The van der Waals surface area contributed by atoms with E-state index in [0.29, 0.717) is 34.4 Å². The average molecular weight is 271 g/mol. The van der Waals surface area contributed by atoms with Crippen LogP contribution in [0.25, 0.3) is 0 Å². The largest absolute Gasteiger partial charge is 0.493 e. The van der Waals surface area contributed by atoms with E-state index >= 15 is 0 Å². The predicted molar refractivity (Wildman–Crippen MR) is 73.0 cm³/mol. The molecule has 0 aliphatic heterocycles. The number of ketones is 1. The second kappa shape index (κ2) is 6.64. The summed E-state index contributed by atoms with van der Waals surface area (Å²) in [4.78, 5) is 12.1. The van der Waals surface area contributed by atoms with Gasteiger partial charge in [-0.1, -0.05) is 31.9 Å². The van der Waals surface area contributed by atoms with Gasteiger partial charge in [0.15, 0.2) is 17.3 Å². The van der Waals surface area contributed by atoms with Gasteiger partial charge in [0.05, 0.1) is 19.2 Å². The maximum absolute atomic E-state index is 12.1. The van der Waals surface area contributed by atoms with Gasteiger partial charge in [-0.15, -0.1) is 0 Å². The highest BCUT2D eigenvalue weighted by Gasteiger charge is 2.17. The van der Waals surface area contributed by atoms with Crippen LogP contribution >= 0.6 is 11.6 Å². The van der Waals surface area contributed by atoms with Crippen LogP contribution in [0.2, 0.25) is 5.02 Å². The Hall–Kier alpha value is -1.22. The first-order chi connectivity index (χ1) is 8.53. The lowest BCUT2D eigenvalue weighted by molar-refractivity contribution is 0.0963. The average Bonchev–Trinajstić information content (AvgIpc) is 2.37. The van der Waals surface area contributed by atoms with Crippen LogP contribution in [0.3, 0.4) is 0 Å². The molecule has 0 N–H and O–H groups in total. The molecule has 0 aliphatic rings. The molecule has 0 fully saturated rings. The minimum Gasteiger partial charge on any atom is -0.493 e. The summed E-state index contributed by atoms with van der Waals surface area (Å²) in [6, 6.07) is 3.26. The Balaban J connectivity index is 3.05. The summed E-state index contributed by atoms with van der Waals surface area (Å²) in [6.07, 6.45) is 1.46. The van der Waals surface area contributed by atoms with Crippen molar-refractivity contribution in [1.29, 1.82) is 0 Å². The third kappa shape index (κ3) is 3.39. The van der Waals surface area contributed by atoms with E-state index in [1.807, 2.05) is 6.92 Å². The Kier molecular flexibility index (Phi) is 5.48. The molecule has 0 saturated heterocycles. The number of benzene rings is 1. The summed E-state index contributed by atoms with van der Waals surface area (Å²) < 4.78 is 10.3. The third-order valence-corrected chi connectivity index (χ3v) is 3.32. The topological polar surface area (TPSA) is 35.5 Å². The van der Waals surface area contributed by atoms with E-state index in [1.165, 1.54) is 14.2 Å². The fourth-order valence-electron chi connectivity index (χ4n) is 1.64. The molecule has 0 bridgehead atoms. The highest BCUT2D eigenvalue weighted by Crippen LogP contribution is 2.34. The molecule has 18 heavy (non-hydrogen) atoms. The molecule has 4 heteroatoms. The van der Waals surface area contributed by atoms with Gasteiger partial charge in [0.2, 0.25) is 0 Å². The highest BCUT2D eigenvalue weighted by atomic mass is 35.5. The molecule has 1 aromatic rings. The van der Waals surface area contributed by atoms with Crippen molar-refractivity contribution < 1.29 is 14.3 Å². The summed E-state index contributed by atoms with van der Waals surface area (Å²) in [5.74, 6) is 1.44. The van der Waals surface area contributed by atoms with Gasteiger partial charge in [-0.25, -0.2) is 0 Å². The number of carbonyl (C=O) groups is 1. The summed E-state index contributed by atoms with van der Waals surface area (Å²) in [6.45, 7) is 4.11. The predicted octanol–water partition coefficient (Wildman–Crippen LogP) is 3.98. The van der Waals surface area contributed by atoms with Crippen LogP contribution < -0.4 is 9.47 Å². The third-order valence-electron chi connectivity index (χ3n) is 3.00. The van der Waals surface area contributed by atoms with Crippen molar-refractivity contribution in [3.05, 3.63) is 22.7 Å². The molecule has 0 aliphatic carbocycles. The van der Waals surface area contributed by atoms with Crippen LogP contribution in [0.1, 0.15) is 37.0 Å². The van der Waals surface area contributed by atoms with Gasteiger partial charge < -0.3 is 9.47 Å². The molecule has 1 atom stereocenters. The summed E-state index contributed by atoms with van der Waals surface area (Å²) in [5.41, 5.74) is 0.495. The number of methoxy groups -OCH3 is 2. The Morgan fingerprint density at radius 1 is 1.28 bits per heavy atom. The van der Waals surface area contributed by atoms with Crippen LogP contribution in [0.5, 0.6) is 11.5 Å². The number of Topliss-reactive ketones (excluding diaryl/α,β-unsaturated/α-hetero) is 1. The monoisotopic (exact) mass is 270 g/mol. The van der Waals surface area contributed by atoms with Gasteiger partial charge in [0.25, 0.3) is 0 Å². The summed E-state index contributed by atoms with van der Waals surface area (Å²) in [5, 5.41) is 0.404. The van der Waals surface area contributed by atoms with Crippen molar-refractivity contribution >= 4 is 17.4 Å². The van der Waals surface area contributed by atoms with Crippen molar-refractivity contribution in [2.45, 2.75) is 26.7 Å². The molecule has 0 amide bonds. The fourth-order valence-corrected chi connectivity index (χ4v) is 1.90. The van der Waals surface area contributed by atoms with Crippen LogP contribution in [-0.4, -0.2) is 20.0 Å². The molecule has 0 saturated carbocycles. The molecule has 1 rings (SSSR count). The Bertz CT molecular complexity index is 429. The standard InChI is InChI=1S/C14H19ClO3/c1-5-9(2)6-12(16)10-7-13(17-3)14(18-4)8-11(10)15/h7-9H,5-6H2,1-4H3. The quantitative estimate of drug-likeness (QED) is 0.734. The first-order valence-electron chi connectivity index (χ1n) is 5.98. The minimum atomic E-state index is 0.0373. The van der Waals surface area contributed by atoms with Gasteiger partial charge >= 0.3 is 0 Å².